The Hall–Kier alpha value is -2.19. The number of benzene rings is 3. The summed E-state index contributed by atoms with van der Waals surface area (Å²) in [6.07, 6.45) is 1.58. The van der Waals surface area contributed by atoms with Crippen molar-refractivity contribution in [1.29, 1.82) is 0 Å². The van der Waals surface area contributed by atoms with E-state index in [1.807, 2.05) is 56.3 Å². The number of hydrogen-bond donors (Lipinski definition) is 0. The summed E-state index contributed by atoms with van der Waals surface area (Å²) < 4.78 is 8.72. The largest absolute Gasteiger partial charge is 0.486 e. The number of halogens is 4. The maximum absolute atomic E-state index is 13.2. The summed E-state index contributed by atoms with van der Waals surface area (Å²) in [5.41, 5.74) is 2.07. The maximum Gasteiger partial charge on any atom is 0.282 e. The Labute approximate surface area is 223 Å². The van der Waals surface area contributed by atoms with Crippen LogP contribution in [0.3, 0.4) is 0 Å². The van der Waals surface area contributed by atoms with Gasteiger partial charge in [-0.3, -0.25) is 4.79 Å². The van der Waals surface area contributed by atoms with Crippen LogP contribution >= 0.6 is 55.1 Å². The van der Waals surface area contributed by atoms with Gasteiger partial charge in [-0.1, -0.05) is 65.1 Å². The lowest BCUT2D eigenvalue weighted by molar-refractivity contribution is 0.304. The molecule has 0 radical (unpaired) electrons. The Kier molecular flexibility index (Phi) is 7.77. The quantitative estimate of drug-likeness (QED) is 0.206. The Morgan fingerprint density at radius 3 is 2.50 bits per heavy atom. The first-order chi connectivity index (χ1) is 16.2. The molecule has 0 aliphatic rings. The van der Waals surface area contributed by atoms with E-state index in [2.05, 4.69) is 41.9 Å². The SMILES string of the molecule is CC(C)c1nc2ccc(Br)cc2c(=O)n1N=Cc1cc(Cl)c(OCc2ccc(Cl)cc2)c(Br)c1. The fourth-order valence-electron chi connectivity index (χ4n) is 3.30. The zero-order valence-corrected chi connectivity index (χ0v) is 22.9. The lowest BCUT2D eigenvalue weighted by Crippen LogP contribution is -2.23. The smallest absolute Gasteiger partial charge is 0.282 e. The van der Waals surface area contributed by atoms with Crippen LogP contribution in [0.25, 0.3) is 10.9 Å². The third-order valence-corrected chi connectivity index (χ3v) is 6.60. The summed E-state index contributed by atoms with van der Waals surface area (Å²) in [6.45, 7) is 4.28. The third-order valence-electron chi connectivity index (χ3n) is 4.99. The molecule has 0 saturated carbocycles. The molecular weight excluding hydrogens is 605 g/mol. The molecule has 34 heavy (non-hydrogen) atoms. The molecule has 0 N–H and O–H groups in total. The van der Waals surface area contributed by atoms with Gasteiger partial charge in [0.15, 0.2) is 5.75 Å². The molecule has 1 heterocycles. The molecule has 0 bridgehead atoms. The van der Waals surface area contributed by atoms with Crippen molar-refractivity contribution in [3.05, 3.63) is 101 Å². The van der Waals surface area contributed by atoms with Gasteiger partial charge in [0.25, 0.3) is 5.56 Å². The highest BCUT2D eigenvalue weighted by Gasteiger charge is 2.14. The van der Waals surface area contributed by atoms with Crippen LogP contribution in [0.15, 0.2) is 73.4 Å². The molecular formula is C25H19Br2Cl2N3O2. The standard InChI is InChI=1S/C25H19Br2Cl2N3O2/c1-14(2)24-31-22-8-5-17(26)11-19(22)25(33)32(24)30-12-16-9-20(27)23(21(29)10-16)34-13-15-3-6-18(28)7-4-15/h3-12,14H,13H2,1-2H3. The monoisotopic (exact) mass is 621 g/mol. The number of fused-ring (bicyclic) bond motifs is 1. The van der Waals surface area contributed by atoms with Gasteiger partial charge in [0.2, 0.25) is 0 Å². The zero-order chi connectivity index (χ0) is 24.4. The first-order valence-electron chi connectivity index (χ1n) is 10.4. The minimum absolute atomic E-state index is 0.00290. The molecule has 0 atom stereocenters. The molecule has 0 saturated heterocycles. The van der Waals surface area contributed by atoms with E-state index in [0.29, 0.717) is 49.2 Å². The van der Waals surface area contributed by atoms with E-state index >= 15 is 0 Å². The number of ether oxygens (including phenoxy) is 1. The highest BCUT2D eigenvalue weighted by Crippen LogP contribution is 2.35. The zero-order valence-electron chi connectivity index (χ0n) is 18.2. The molecule has 0 aliphatic carbocycles. The topological polar surface area (TPSA) is 56.5 Å². The predicted octanol–water partition coefficient (Wildman–Crippen LogP) is 7.81. The Morgan fingerprint density at radius 1 is 1.09 bits per heavy atom. The summed E-state index contributed by atoms with van der Waals surface area (Å²) in [7, 11) is 0. The van der Waals surface area contributed by atoms with Gasteiger partial charge in [0, 0.05) is 15.4 Å². The van der Waals surface area contributed by atoms with Crippen molar-refractivity contribution in [2.75, 3.05) is 0 Å². The summed E-state index contributed by atoms with van der Waals surface area (Å²) in [5, 5.41) is 6.03. The Morgan fingerprint density at radius 2 is 1.82 bits per heavy atom. The van der Waals surface area contributed by atoms with E-state index in [0.717, 1.165) is 10.0 Å². The molecule has 3 aromatic carbocycles. The summed E-state index contributed by atoms with van der Waals surface area (Å²) in [6, 6.07) is 16.4. The fraction of sp³-hybridized carbons (Fsp3) is 0.160. The Bertz CT molecular complexity index is 1430. The van der Waals surface area contributed by atoms with E-state index in [-0.39, 0.29) is 11.5 Å². The van der Waals surface area contributed by atoms with Crippen LogP contribution in [0.4, 0.5) is 0 Å². The molecule has 174 valence electrons. The predicted molar refractivity (Wildman–Crippen MR) is 146 cm³/mol. The third kappa shape index (κ3) is 5.54. The number of rotatable bonds is 6. The van der Waals surface area contributed by atoms with Gasteiger partial charge >= 0.3 is 0 Å². The second-order valence-corrected chi connectivity index (χ2v) is 10.5. The summed E-state index contributed by atoms with van der Waals surface area (Å²) in [5.74, 6) is 1.09. The van der Waals surface area contributed by atoms with E-state index < -0.39 is 0 Å². The molecule has 4 aromatic rings. The van der Waals surface area contributed by atoms with Crippen molar-refractivity contribution in [3.63, 3.8) is 0 Å². The minimum Gasteiger partial charge on any atom is -0.486 e. The molecule has 0 aliphatic heterocycles. The van der Waals surface area contributed by atoms with Crippen molar-refractivity contribution >= 4 is 72.2 Å². The van der Waals surface area contributed by atoms with Gasteiger partial charge < -0.3 is 4.74 Å². The lowest BCUT2D eigenvalue weighted by atomic mass is 10.2. The molecule has 5 nitrogen and oxygen atoms in total. The van der Waals surface area contributed by atoms with Crippen molar-refractivity contribution in [2.24, 2.45) is 5.10 Å². The van der Waals surface area contributed by atoms with Crippen LogP contribution in [-0.4, -0.2) is 15.9 Å². The molecule has 0 unspecified atom stereocenters. The van der Waals surface area contributed by atoms with Crippen molar-refractivity contribution in [2.45, 2.75) is 26.4 Å². The average Bonchev–Trinajstić information content (AvgIpc) is 2.79. The first-order valence-corrected chi connectivity index (χ1v) is 12.7. The number of aromatic nitrogens is 2. The van der Waals surface area contributed by atoms with E-state index in [1.54, 1.807) is 18.3 Å². The van der Waals surface area contributed by atoms with E-state index in [1.165, 1.54) is 4.68 Å². The van der Waals surface area contributed by atoms with E-state index in [9.17, 15) is 4.79 Å². The molecule has 0 spiro atoms. The van der Waals surface area contributed by atoms with E-state index in [4.69, 9.17) is 27.9 Å². The Balaban J connectivity index is 1.65. The highest BCUT2D eigenvalue weighted by molar-refractivity contribution is 9.10. The van der Waals surface area contributed by atoms with Crippen LogP contribution in [-0.2, 0) is 6.61 Å². The number of nitrogens with zero attached hydrogens (tertiary/aromatic N) is 3. The first kappa shape index (κ1) is 24.9. The minimum atomic E-state index is -0.237. The van der Waals surface area contributed by atoms with Gasteiger partial charge in [-0.2, -0.15) is 9.78 Å². The van der Waals surface area contributed by atoms with Crippen molar-refractivity contribution < 1.29 is 4.74 Å². The van der Waals surface area contributed by atoms with Crippen molar-refractivity contribution in [3.8, 4) is 5.75 Å². The van der Waals surface area contributed by atoms with Gasteiger partial charge in [-0.05, 0) is 69.5 Å². The summed E-state index contributed by atoms with van der Waals surface area (Å²) in [4.78, 5) is 17.8. The number of hydrogen-bond acceptors (Lipinski definition) is 4. The van der Waals surface area contributed by atoms with Crippen molar-refractivity contribution in [1.82, 2.24) is 9.66 Å². The van der Waals surface area contributed by atoms with Crippen LogP contribution in [0.1, 0.15) is 36.7 Å². The molecule has 9 heteroatoms. The molecule has 1 aromatic heterocycles. The fourth-order valence-corrected chi connectivity index (χ4v) is 4.78. The van der Waals surface area contributed by atoms with Crippen LogP contribution in [0.5, 0.6) is 5.75 Å². The average molecular weight is 624 g/mol. The summed E-state index contributed by atoms with van der Waals surface area (Å²) >= 11 is 19.4. The molecule has 0 fully saturated rings. The second kappa shape index (κ2) is 10.6. The van der Waals surface area contributed by atoms with Gasteiger partial charge in [-0.25, -0.2) is 4.98 Å². The normalized spacial score (nSPS) is 11.6. The van der Waals surface area contributed by atoms with Crippen LogP contribution < -0.4 is 10.3 Å². The highest BCUT2D eigenvalue weighted by atomic mass is 79.9. The van der Waals surface area contributed by atoms with Crippen LogP contribution in [0, 0.1) is 0 Å². The molecule has 4 rings (SSSR count). The second-order valence-electron chi connectivity index (χ2n) is 7.88. The van der Waals surface area contributed by atoms with Gasteiger partial charge in [0.1, 0.15) is 12.4 Å². The van der Waals surface area contributed by atoms with Gasteiger partial charge in [-0.15, -0.1) is 0 Å². The lowest BCUT2D eigenvalue weighted by Gasteiger charge is -2.13. The van der Waals surface area contributed by atoms with Crippen LogP contribution in [0.2, 0.25) is 10.0 Å². The molecule has 0 amide bonds. The maximum atomic E-state index is 13.2. The van der Waals surface area contributed by atoms with Gasteiger partial charge in [0.05, 0.1) is 26.6 Å².